The van der Waals surface area contributed by atoms with E-state index in [0.717, 1.165) is 42.7 Å². The summed E-state index contributed by atoms with van der Waals surface area (Å²) in [6.45, 7) is 2.44. The van der Waals surface area contributed by atoms with Crippen LogP contribution in [-0.2, 0) is 20.7 Å². The van der Waals surface area contributed by atoms with Crippen LogP contribution in [0.4, 0.5) is 11.4 Å². The predicted molar refractivity (Wildman–Crippen MR) is 127 cm³/mol. The average Bonchev–Trinajstić information content (AvgIpc) is 2.78. The number of hydrogen-bond donors (Lipinski definition) is 2. The molecule has 2 aromatic carbocycles. The summed E-state index contributed by atoms with van der Waals surface area (Å²) in [5, 5.41) is 0. The first kappa shape index (κ1) is 23.4. The van der Waals surface area contributed by atoms with E-state index in [1.54, 1.807) is 36.4 Å². The summed E-state index contributed by atoms with van der Waals surface area (Å²) >= 11 is 0. The summed E-state index contributed by atoms with van der Waals surface area (Å²) in [5.41, 5.74) is 14.4. The zero-order valence-electron chi connectivity index (χ0n) is 18.6. The molecule has 6 nitrogen and oxygen atoms in total. The van der Waals surface area contributed by atoms with E-state index in [4.69, 9.17) is 20.9 Å². The highest BCUT2D eigenvalue weighted by atomic mass is 16.5. The Balaban J connectivity index is 1.42. The number of anilines is 2. The second kappa shape index (κ2) is 11.4. The van der Waals surface area contributed by atoms with E-state index in [-0.39, 0.29) is 18.5 Å². The molecule has 0 heterocycles. The number of ether oxygens (including phenoxy) is 2. The van der Waals surface area contributed by atoms with Crippen molar-refractivity contribution in [2.45, 2.75) is 45.4 Å². The molecule has 0 radical (unpaired) electrons. The van der Waals surface area contributed by atoms with E-state index in [0.29, 0.717) is 23.5 Å². The lowest BCUT2D eigenvalue weighted by Gasteiger charge is -2.26. The molecule has 0 atom stereocenters. The van der Waals surface area contributed by atoms with Crippen LogP contribution in [-0.4, -0.2) is 18.5 Å². The van der Waals surface area contributed by atoms with Gasteiger partial charge in [0.1, 0.15) is 5.75 Å². The van der Waals surface area contributed by atoms with Crippen molar-refractivity contribution in [2.24, 2.45) is 11.8 Å². The molecule has 1 saturated carbocycles. The van der Waals surface area contributed by atoms with E-state index < -0.39 is 5.97 Å². The highest BCUT2D eigenvalue weighted by molar-refractivity contribution is 5.87. The Morgan fingerprint density at radius 3 is 2.28 bits per heavy atom. The normalized spacial score (nSPS) is 18.4. The highest BCUT2D eigenvalue weighted by Gasteiger charge is 2.26. The van der Waals surface area contributed by atoms with E-state index in [1.165, 1.54) is 12.5 Å². The monoisotopic (exact) mass is 436 g/mol. The van der Waals surface area contributed by atoms with Crippen molar-refractivity contribution in [2.75, 3.05) is 18.1 Å². The van der Waals surface area contributed by atoms with Crippen LogP contribution in [0.1, 0.15) is 50.2 Å². The van der Waals surface area contributed by atoms with Gasteiger partial charge in [0.15, 0.2) is 0 Å². The van der Waals surface area contributed by atoms with Crippen LogP contribution in [0.5, 0.6) is 5.75 Å². The summed E-state index contributed by atoms with van der Waals surface area (Å²) in [5.74, 6) is 0.686. The summed E-state index contributed by atoms with van der Waals surface area (Å²) in [4.78, 5) is 24.3. The van der Waals surface area contributed by atoms with Crippen LogP contribution in [0.3, 0.4) is 0 Å². The van der Waals surface area contributed by atoms with Gasteiger partial charge < -0.3 is 20.9 Å². The SMILES string of the molecule is CCC1CCC(C(=O)Oc2ccc(/C=C/C(=O)OCCc3cc(N)cc(N)c3)cc2)CC1. The number of nitrogen functional groups attached to an aromatic ring is 2. The minimum atomic E-state index is -0.430. The molecule has 0 aliphatic heterocycles. The quantitative estimate of drug-likeness (QED) is 0.267. The number of rotatable bonds is 8. The van der Waals surface area contributed by atoms with Crippen LogP contribution in [0, 0.1) is 11.8 Å². The standard InChI is InChI=1S/C26H32N2O4/c1-2-18-3-8-21(9-4-18)26(30)32-24-10-5-19(6-11-24)7-12-25(29)31-14-13-20-15-22(27)17-23(28)16-20/h5-7,10-12,15-18,21H,2-4,8-9,13-14,27-28H2,1H3/b12-7+. The molecule has 6 heteroatoms. The minimum Gasteiger partial charge on any atom is -0.462 e. The van der Waals surface area contributed by atoms with Crippen molar-refractivity contribution < 1.29 is 19.1 Å². The third-order valence-corrected chi connectivity index (χ3v) is 5.94. The van der Waals surface area contributed by atoms with Gasteiger partial charge in [-0.1, -0.05) is 25.5 Å². The van der Waals surface area contributed by atoms with Gasteiger partial charge in [-0.2, -0.15) is 0 Å². The third kappa shape index (κ3) is 7.15. The Morgan fingerprint density at radius 2 is 1.66 bits per heavy atom. The zero-order valence-corrected chi connectivity index (χ0v) is 18.6. The number of esters is 2. The fourth-order valence-corrected chi connectivity index (χ4v) is 4.02. The van der Waals surface area contributed by atoms with Gasteiger partial charge in [-0.15, -0.1) is 0 Å². The number of hydrogen-bond acceptors (Lipinski definition) is 6. The van der Waals surface area contributed by atoms with Crippen molar-refractivity contribution in [1.29, 1.82) is 0 Å². The minimum absolute atomic E-state index is 0.00379. The van der Waals surface area contributed by atoms with Crippen LogP contribution >= 0.6 is 0 Å². The number of benzene rings is 2. The van der Waals surface area contributed by atoms with E-state index in [9.17, 15) is 9.59 Å². The van der Waals surface area contributed by atoms with Gasteiger partial charge in [-0.3, -0.25) is 4.79 Å². The van der Waals surface area contributed by atoms with E-state index in [1.807, 2.05) is 12.1 Å². The maximum Gasteiger partial charge on any atom is 0.330 e. The zero-order chi connectivity index (χ0) is 22.9. The van der Waals surface area contributed by atoms with Crippen molar-refractivity contribution >= 4 is 29.4 Å². The molecule has 0 amide bonds. The van der Waals surface area contributed by atoms with Crippen molar-refractivity contribution in [3.8, 4) is 5.75 Å². The number of carbonyl (C=O) groups is 2. The maximum atomic E-state index is 12.4. The fourth-order valence-electron chi connectivity index (χ4n) is 4.02. The molecule has 2 aromatic rings. The summed E-state index contributed by atoms with van der Waals surface area (Å²) in [7, 11) is 0. The Labute approximate surface area is 189 Å². The summed E-state index contributed by atoms with van der Waals surface area (Å²) < 4.78 is 10.8. The summed E-state index contributed by atoms with van der Waals surface area (Å²) in [6.07, 6.45) is 8.78. The molecule has 0 aromatic heterocycles. The van der Waals surface area contributed by atoms with Gasteiger partial charge in [-0.05, 0) is 79.1 Å². The van der Waals surface area contributed by atoms with Gasteiger partial charge >= 0.3 is 11.9 Å². The molecular weight excluding hydrogens is 404 g/mol. The Kier molecular flexibility index (Phi) is 8.31. The van der Waals surface area contributed by atoms with Gasteiger partial charge in [0, 0.05) is 23.9 Å². The second-order valence-electron chi connectivity index (χ2n) is 8.37. The van der Waals surface area contributed by atoms with Crippen molar-refractivity contribution in [1.82, 2.24) is 0 Å². The average molecular weight is 437 g/mol. The molecule has 32 heavy (non-hydrogen) atoms. The molecule has 0 saturated heterocycles. The van der Waals surface area contributed by atoms with E-state index in [2.05, 4.69) is 6.92 Å². The molecule has 0 spiro atoms. The first-order chi connectivity index (χ1) is 15.4. The number of carbonyl (C=O) groups excluding carboxylic acids is 2. The molecule has 0 unspecified atom stereocenters. The highest BCUT2D eigenvalue weighted by Crippen LogP contribution is 2.31. The number of nitrogens with two attached hydrogens (primary N) is 2. The maximum absolute atomic E-state index is 12.4. The van der Waals surface area contributed by atoms with Gasteiger partial charge in [0.25, 0.3) is 0 Å². The smallest absolute Gasteiger partial charge is 0.330 e. The topological polar surface area (TPSA) is 105 Å². The van der Waals surface area contributed by atoms with E-state index >= 15 is 0 Å². The fraction of sp³-hybridized carbons (Fsp3) is 0.385. The van der Waals surface area contributed by atoms with Crippen molar-refractivity contribution in [3.05, 3.63) is 59.7 Å². The summed E-state index contributed by atoms with van der Waals surface area (Å²) in [6, 6.07) is 12.4. The lowest BCUT2D eigenvalue weighted by molar-refractivity contribution is -0.140. The molecule has 1 aliphatic carbocycles. The molecule has 1 aliphatic rings. The lowest BCUT2D eigenvalue weighted by Crippen LogP contribution is -2.25. The third-order valence-electron chi connectivity index (χ3n) is 5.94. The van der Waals surface area contributed by atoms with Crippen LogP contribution in [0.2, 0.25) is 0 Å². The van der Waals surface area contributed by atoms with Gasteiger partial charge in [-0.25, -0.2) is 4.79 Å². The van der Waals surface area contributed by atoms with Gasteiger partial charge in [0.05, 0.1) is 12.5 Å². The molecular formula is C26H32N2O4. The predicted octanol–water partition coefficient (Wildman–Crippen LogP) is 4.77. The first-order valence-electron chi connectivity index (χ1n) is 11.2. The Morgan fingerprint density at radius 1 is 1.00 bits per heavy atom. The van der Waals surface area contributed by atoms with Crippen molar-refractivity contribution in [3.63, 3.8) is 0 Å². The van der Waals surface area contributed by atoms with Gasteiger partial charge in [0.2, 0.25) is 0 Å². The molecule has 3 rings (SSSR count). The lowest BCUT2D eigenvalue weighted by atomic mass is 9.81. The molecule has 1 fully saturated rings. The van der Waals surface area contributed by atoms with Crippen LogP contribution in [0.15, 0.2) is 48.5 Å². The molecule has 170 valence electrons. The van der Waals surface area contributed by atoms with Crippen LogP contribution in [0.25, 0.3) is 6.08 Å². The second-order valence-corrected chi connectivity index (χ2v) is 8.37. The Bertz CT molecular complexity index is 925. The molecule has 0 bridgehead atoms. The molecule has 4 N–H and O–H groups in total. The Hall–Kier alpha value is -3.28. The first-order valence-corrected chi connectivity index (χ1v) is 11.2. The van der Waals surface area contributed by atoms with Crippen LogP contribution < -0.4 is 16.2 Å². The largest absolute Gasteiger partial charge is 0.462 e.